The maximum absolute atomic E-state index is 12.6. The lowest BCUT2D eigenvalue weighted by molar-refractivity contribution is 0.0955. The van der Waals surface area contributed by atoms with E-state index in [0.29, 0.717) is 21.8 Å². The number of benzene rings is 2. The smallest absolute Gasteiger partial charge is 0.280 e. The summed E-state index contributed by atoms with van der Waals surface area (Å²) in [5, 5.41) is 7.46. The minimum Gasteiger partial charge on any atom is -0.295 e. The van der Waals surface area contributed by atoms with Crippen molar-refractivity contribution in [3.63, 3.8) is 0 Å². The molecule has 3 aromatic rings. The normalized spacial score (nSPS) is 11.0. The zero-order valence-electron chi connectivity index (χ0n) is 14.3. The van der Waals surface area contributed by atoms with Crippen LogP contribution in [0.2, 0.25) is 5.02 Å². The third kappa shape index (κ3) is 3.75. The average molecular weight is 369 g/mol. The Morgan fingerprint density at radius 1 is 1.19 bits per heavy atom. The van der Waals surface area contributed by atoms with Crippen LogP contribution >= 0.6 is 11.6 Å². The summed E-state index contributed by atoms with van der Waals surface area (Å²) < 4.78 is 1.45. The zero-order chi connectivity index (χ0) is 18.7. The van der Waals surface area contributed by atoms with Crippen LogP contribution < -0.4 is 11.0 Å². The number of halogens is 1. The van der Waals surface area contributed by atoms with Crippen LogP contribution in [-0.4, -0.2) is 21.9 Å². The SMILES string of the molecule is Cc1cccc(-n2[nH]c(C)c(C=NNC(=O)c3ccc(Cl)cc3)c2=O)c1. The fourth-order valence-corrected chi connectivity index (χ4v) is 2.61. The Hall–Kier alpha value is -3.12. The van der Waals surface area contributed by atoms with Gasteiger partial charge in [-0.3, -0.25) is 14.7 Å². The van der Waals surface area contributed by atoms with E-state index in [1.807, 2.05) is 31.2 Å². The Balaban J connectivity index is 1.80. The molecule has 0 fully saturated rings. The number of carbonyl (C=O) groups excluding carboxylic acids is 1. The Kier molecular flexibility index (Phi) is 5.04. The maximum Gasteiger partial charge on any atom is 0.280 e. The lowest BCUT2D eigenvalue weighted by Gasteiger charge is -2.02. The molecule has 6 nitrogen and oxygen atoms in total. The van der Waals surface area contributed by atoms with Crippen LogP contribution in [0.15, 0.2) is 58.4 Å². The summed E-state index contributed by atoms with van der Waals surface area (Å²) >= 11 is 5.80. The monoisotopic (exact) mass is 368 g/mol. The minimum atomic E-state index is -0.384. The molecule has 26 heavy (non-hydrogen) atoms. The first-order chi connectivity index (χ1) is 12.5. The van der Waals surface area contributed by atoms with Crippen molar-refractivity contribution >= 4 is 23.7 Å². The van der Waals surface area contributed by atoms with E-state index in [0.717, 1.165) is 11.3 Å². The van der Waals surface area contributed by atoms with Gasteiger partial charge in [0.25, 0.3) is 11.5 Å². The number of aromatic amines is 1. The molecule has 0 unspecified atom stereocenters. The second kappa shape index (κ2) is 7.41. The molecule has 0 aliphatic heterocycles. The number of aryl methyl sites for hydroxylation is 2. The van der Waals surface area contributed by atoms with Gasteiger partial charge < -0.3 is 0 Å². The molecule has 1 heterocycles. The minimum absolute atomic E-state index is 0.238. The Bertz CT molecular complexity index is 1030. The molecule has 132 valence electrons. The predicted molar refractivity (Wildman–Crippen MR) is 102 cm³/mol. The van der Waals surface area contributed by atoms with Crippen molar-refractivity contribution in [2.24, 2.45) is 5.10 Å². The third-order valence-corrected chi connectivity index (χ3v) is 4.09. The van der Waals surface area contributed by atoms with Crippen LogP contribution in [0.3, 0.4) is 0 Å². The molecule has 0 bridgehead atoms. The van der Waals surface area contributed by atoms with E-state index in [4.69, 9.17) is 11.6 Å². The number of rotatable bonds is 4. The van der Waals surface area contributed by atoms with Gasteiger partial charge in [-0.25, -0.2) is 10.1 Å². The highest BCUT2D eigenvalue weighted by atomic mass is 35.5. The van der Waals surface area contributed by atoms with Crippen LogP contribution in [0.1, 0.15) is 27.2 Å². The quantitative estimate of drug-likeness (QED) is 0.548. The number of hydrogen-bond acceptors (Lipinski definition) is 3. The largest absolute Gasteiger partial charge is 0.295 e. The highest BCUT2D eigenvalue weighted by Gasteiger charge is 2.11. The van der Waals surface area contributed by atoms with Gasteiger partial charge in [-0.15, -0.1) is 0 Å². The highest BCUT2D eigenvalue weighted by molar-refractivity contribution is 6.30. The molecular formula is C19H17ClN4O2. The van der Waals surface area contributed by atoms with E-state index in [9.17, 15) is 9.59 Å². The number of nitrogens with one attached hydrogen (secondary N) is 2. The van der Waals surface area contributed by atoms with Gasteiger partial charge in [0.15, 0.2) is 0 Å². The van der Waals surface area contributed by atoms with Crippen molar-refractivity contribution in [3.8, 4) is 5.69 Å². The van der Waals surface area contributed by atoms with Gasteiger partial charge in [0.1, 0.15) is 0 Å². The molecule has 0 saturated carbocycles. The van der Waals surface area contributed by atoms with E-state index in [-0.39, 0.29) is 11.5 Å². The first-order valence-electron chi connectivity index (χ1n) is 7.93. The zero-order valence-corrected chi connectivity index (χ0v) is 15.0. The van der Waals surface area contributed by atoms with E-state index in [1.165, 1.54) is 10.9 Å². The Morgan fingerprint density at radius 2 is 1.92 bits per heavy atom. The summed E-state index contributed by atoms with van der Waals surface area (Å²) in [7, 11) is 0. The van der Waals surface area contributed by atoms with E-state index >= 15 is 0 Å². The van der Waals surface area contributed by atoms with Gasteiger partial charge in [-0.05, 0) is 55.8 Å². The Morgan fingerprint density at radius 3 is 2.62 bits per heavy atom. The van der Waals surface area contributed by atoms with Gasteiger partial charge in [0, 0.05) is 16.3 Å². The van der Waals surface area contributed by atoms with Crippen molar-refractivity contribution in [1.29, 1.82) is 0 Å². The molecule has 0 aliphatic rings. The van der Waals surface area contributed by atoms with Crippen LogP contribution in [-0.2, 0) is 0 Å². The summed E-state index contributed by atoms with van der Waals surface area (Å²) in [5.74, 6) is -0.384. The van der Waals surface area contributed by atoms with Crippen LogP contribution in [0.4, 0.5) is 0 Å². The van der Waals surface area contributed by atoms with Crippen molar-refractivity contribution < 1.29 is 4.79 Å². The van der Waals surface area contributed by atoms with E-state index in [1.54, 1.807) is 31.2 Å². The molecule has 0 spiro atoms. The van der Waals surface area contributed by atoms with E-state index in [2.05, 4.69) is 15.6 Å². The van der Waals surface area contributed by atoms with Gasteiger partial charge in [-0.1, -0.05) is 23.7 Å². The number of H-pyrrole nitrogens is 1. The molecule has 0 atom stereocenters. The lowest BCUT2D eigenvalue weighted by Crippen LogP contribution is -2.20. The van der Waals surface area contributed by atoms with Crippen molar-refractivity contribution in [2.45, 2.75) is 13.8 Å². The molecule has 0 aliphatic carbocycles. The van der Waals surface area contributed by atoms with Gasteiger partial charge in [-0.2, -0.15) is 5.10 Å². The Labute approximate surface area is 155 Å². The number of amides is 1. The molecule has 2 N–H and O–H groups in total. The third-order valence-electron chi connectivity index (χ3n) is 3.84. The molecule has 1 aromatic heterocycles. The standard InChI is InChI=1S/C19H17ClN4O2/c1-12-4-3-5-16(10-12)24-19(26)17(13(2)23-24)11-21-22-18(25)14-6-8-15(20)9-7-14/h3-11,23H,1-2H3,(H,22,25). The molecular weight excluding hydrogens is 352 g/mol. The molecule has 0 saturated heterocycles. The molecule has 2 aromatic carbocycles. The number of carbonyl (C=O) groups is 1. The van der Waals surface area contributed by atoms with Crippen LogP contribution in [0.5, 0.6) is 0 Å². The summed E-state index contributed by atoms with van der Waals surface area (Å²) in [4.78, 5) is 24.6. The first-order valence-corrected chi connectivity index (χ1v) is 8.31. The number of aromatic nitrogens is 2. The topological polar surface area (TPSA) is 79.2 Å². The fraction of sp³-hybridized carbons (Fsp3) is 0.105. The first kappa shape index (κ1) is 17.7. The highest BCUT2D eigenvalue weighted by Crippen LogP contribution is 2.10. The summed E-state index contributed by atoms with van der Waals surface area (Å²) in [6.45, 7) is 3.73. The fourth-order valence-electron chi connectivity index (χ4n) is 2.48. The van der Waals surface area contributed by atoms with Crippen molar-refractivity contribution in [2.75, 3.05) is 0 Å². The second-order valence-corrected chi connectivity index (χ2v) is 6.27. The van der Waals surface area contributed by atoms with E-state index < -0.39 is 0 Å². The van der Waals surface area contributed by atoms with Crippen LogP contribution in [0.25, 0.3) is 5.69 Å². The summed E-state index contributed by atoms with van der Waals surface area (Å²) in [6.07, 6.45) is 1.34. The number of hydrazone groups is 1. The molecule has 7 heteroatoms. The molecule has 0 radical (unpaired) electrons. The van der Waals surface area contributed by atoms with Gasteiger partial charge >= 0.3 is 0 Å². The molecule has 3 rings (SSSR count). The van der Waals surface area contributed by atoms with Gasteiger partial charge in [0.2, 0.25) is 0 Å². The van der Waals surface area contributed by atoms with Gasteiger partial charge in [0.05, 0.1) is 17.5 Å². The number of nitrogens with zero attached hydrogens (tertiary/aromatic N) is 2. The van der Waals surface area contributed by atoms with Crippen molar-refractivity contribution in [1.82, 2.24) is 15.2 Å². The lowest BCUT2D eigenvalue weighted by atomic mass is 10.2. The molecule has 1 amide bonds. The van der Waals surface area contributed by atoms with Crippen molar-refractivity contribution in [3.05, 3.63) is 86.3 Å². The maximum atomic E-state index is 12.6. The number of hydrogen-bond donors (Lipinski definition) is 2. The predicted octanol–water partition coefficient (Wildman–Crippen LogP) is 3.20. The summed E-state index contributed by atoms with van der Waals surface area (Å²) in [5.41, 5.74) is 5.41. The second-order valence-electron chi connectivity index (χ2n) is 5.84. The average Bonchev–Trinajstić information content (AvgIpc) is 2.90. The van der Waals surface area contributed by atoms with Crippen LogP contribution in [0, 0.1) is 13.8 Å². The summed E-state index contributed by atoms with van der Waals surface area (Å²) in [6, 6.07) is 14.0.